The third kappa shape index (κ3) is 2.74. The summed E-state index contributed by atoms with van der Waals surface area (Å²) in [5.41, 5.74) is 3.60. The highest BCUT2D eigenvalue weighted by atomic mass is 16.5. The Morgan fingerprint density at radius 3 is 2.64 bits per heavy atom. The molecule has 0 amide bonds. The number of aryl methyl sites for hydroxylation is 2. The molecular weight excluding hydrogens is 316 g/mol. The summed E-state index contributed by atoms with van der Waals surface area (Å²) >= 11 is 0. The van der Waals surface area contributed by atoms with E-state index >= 15 is 0 Å². The van der Waals surface area contributed by atoms with Crippen LogP contribution in [0, 0.1) is 19.8 Å². The second-order valence-electron chi connectivity index (χ2n) is 6.67. The molecule has 1 unspecified atom stereocenters. The lowest BCUT2D eigenvalue weighted by atomic mass is 9.89. The molecule has 25 heavy (non-hydrogen) atoms. The van der Waals surface area contributed by atoms with Gasteiger partial charge in [-0.3, -0.25) is 9.59 Å². The summed E-state index contributed by atoms with van der Waals surface area (Å²) in [7, 11) is 0. The van der Waals surface area contributed by atoms with Crippen molar-refractivity contribution in [2.45, 2.75) is 20.3 Å². The number of hydrogen-bond donors (Lipinski definition) is 0. The van der Waals surface area contributed by atoms with Gasteiger partial charge in [-0.1, -0.05) is 23.3 Å². The number of fused-ring (bicyclic) bond motifs is 2. The average Bonchev–Trinajstić information content (AvgIpc) is 2.60. The Labute approximate surface area is 145 Å². The van der Waals surface area contributed by atoms with Crippen molar-refractivity contribution < 1.29 is 13.9 Å². The van der Waals surface area contributed by atoms with E-state index in [1.807, 2.05) is 44.2 Å². The highest BCUT2D eigenvalue weighted by Gasteiger charge is 2.30. The minimum Gasteiger partial charge on any atom is -0.492 e. The first-order chi connectivity index (χ1) is 12.0. The number of ketones is 1. The van der Waals surface area contributed by atoms with Crippen molar-refractivity contribution in [1.29, 1.82) is 0 Å². The molecule has 4 nitrogen and oxygen atoms in total. The van der Waals surface area contributed by atoms with Crippen molar-refractivity contribution in [2.75, 3.05) is 6.61 Å². The Hall–Kier alpha value is -2.88. The molecule has 1 aliphatic rings. The molecule has 4 rings (SSSR count). The van der Waals surface area contributed by atoms with Crippen molar-refractivity contribution in [3.63, 3.8) is 0 Å². The van der Waals surface area contributed by atoms with Crippen molar-refractivity contribution in [3.8, 4) is 5.75 Å². The van der Waals surface area contributed by atoms with Gasteiger partial charge in [0.05, 0.1) is 29.7 Å². The first-order valence-electron chi connectivity index (χ1n) is 8.31. The zero-order chi connectivity index (χ0) is 17.6. The Morgan fingerprint density at radius 1 is 1.04 bits per heavy atom. The Morgan fingerprint density at radius 2 is 1.80 bits per heavy atom. The first kappa shape index (κ1) is 15.6. The molecule has 3 aromatic rings. The maximum absolute atomic E-state index is 12.8. The molecule has 0 fully saturated rings. The molecule has 126 valence electrons. The smallest absolute Gasteiger partial charge is 0.195 e. The predicted molar refractivity (Wildman–Crippen MR) is 95.4 cm³/mol. The standard InChI is InChI=1S/C21H18O4/c1-12-3-5-18-16(7-12)20(22)14(10-24-18)9-15-11-25-19-6-4-13(2)8-17(19)21(15)23/h3-8,10,15H,9,11H2,1-2H3. The number of benzene rings is 2. The van der Waals surface area contributed by atoms with E-state index in [0.29, 0.717) is 34.3 Å². The van der Waals surface area contributed by atoms with Gasteiger partial charge in [-0.25, -0.2) is 0 Å². The van der Waals surface area contributed by atoms with E-state index in [9.17, 15) is 9.59 Å². The molecule has 2 aromatic carbocycles. The number of ether oxygens (including phenoxy) is 1. The number of carbonyl (C=O) groups is 1. The van der Waals surface area contributed by atoms with Crippen molar-refractivity contribution in [3.05, 3.63) is 75.1 Å². The lowest BCUT2D eigenvalue weighted by Crippen LogP contribution is -2.31. The van der Waals surface area contributed by atoms with Gasteiger partial charge in [0.1, 0.15) is 11.3 Å². The van der Waals surface area contributed by atoms with Crippen LogP contribution in [0.5, 0.6) is 5.75 Å². The lowest BCUT2D eigenvalue weighted by Gasteiger charge is -2.24. The Balaban J connectivity index is 1.69. The van der Waals surface area contributed by atoms with Crippen LogP contribution in [0.15, 0.2) is 51.9 Å². The summed E-state index contributed by atoms with van der Waals surface area (Å²) in [6.07, 6.45) is 1.79. The number of hydrogen-bond acceptors (Lipinski definition) is 4. The van der Waals surface area contributed by atoms with Gasteiger partial charge < -0.3 is 9.15 Å². The summed E-state index contributed by atoms with van der Waals surface area (Å²) in [6.45, 7) is 4.15. The second-order valence-corrected chi connectivity index (χ2v) is 6.67. The number of rotatable bonds is 2. The zero-order valence-corrected chi connectivity index (χ0v) is 14.2. The molecule has 0 aliphatic carbocycles. The molecule has 2 heterocycles. The van der Waals surface area contributed by atoms with E-state index in [4.69, 9.17) is 9.15 Å². The molecule has 0 radical (unpaired) electrons. The molecule has 0 saturated heterocycles. The van der Waals surface area contributed by atoms with E-state index in [2.05, 4.69) is 0 Å². The summed E-state index contributed by atoms with van der Waals surface area (Å²) in [4.78, 5) is 25.5. The molecule has 0 bridgehead atoms. The zero-order valence-electron chi connectivity index (χ0n) is 14.2. The lowest BCUT2D eigenvalue weighted by molar-refractivity contribution is 0.0830. The van der Waals surface area contributed by atoms with Crippen LogP contribution in [-0.4, -0.2) is 12.4 Å². The van der Waals surface area contributed by atoms with Gasteiger partial charge in [-0.05, 0) is 44.5 Å². The molecule has 0 spiro atoms. The van der Waals surface area contributed by atoms with E-state index < -0.39 is 0 Å². The van der Waals surface area contributed by atoms with Gasteiger partial charge in [-0.2, -0.15) is 0 Å². The summed E-state index contributed by atoms with van der Waals surface area (Å²) in [5, 5.41) is 0.554. The highest BCUT2D eigenvalue weighted by molar-refractivity contribution is 6.01. The maximum Gasteiger partial charge on any atom is 0.195 e. The largest absolute Gasteiger partial charge is 0.492 e. The third-order valence-corrected chi connectivity index (χ3v) is 4.68. The quantitative estimate of drug-likeness (QED) is 0.714. The van der Waals surface area contributed by atoms with Crippen LogP contribution in [-0.2, 0) is 6.42 Å². The van der Waals surface area contributed by atoms with E-state index in [1.165, 1.54) is 6.26 Å². The molecule has 0 saturated carbocycles. The second kappa shape index (κ2) is 5.88. The molecular formula is C21H18O4. The highest BCUT2D eigenvalue weighted by Crippen LogP contribution is 2.29. The number of carbonyl (C=O) groups excluding carboxylic acids is 1. The molecule has 0 N–H and O–H groups in total. The van der Waals surface area contributed by atoms with Crippen LogP contribution in [0.1, 0.15) is 27.0 Å². The van der Waals surface area contributed by atoms with Gasteiger partial charge in [0, 0.05) is 5.56 Å². The predicted octanol–water partition coefficient (Wildman–Crippen LogP) is 3.84. The molecule has 1 atom stereocenters. The average molecular weight is 334 g/mol. The van der Waals surface area contributed by atoms with Crippen LogP contribution in [0.3, 0.4) is 0 Å². The molecule has 1 aromatic heterocycles. The van der Waals surface area contributed by atoms with Crippen molar-refractivity contribution in [1.82, 2.24) is 0 Å². The van der Waals surface area contributed by atoms with Gasteiger partial charge >= 0.3 is 0 Å². The fourth-order valence-electron chi connectivity index (χ4n) is 3.29. The van der Waals surface area contributed by atoms with Gasteiger partial charge in [0.25, 0.3) is 0 Å². The summed E-state index contributed by atoms with van der Waals surface area (Å²) in [6, 6.07) is 11.1. The van der Waals surface area contributed by atoms with Crippen LogP contribution < -0.4 is 10.2 Å². The van der Waals surface area contributed by atoms with Gasteiger partial charge in [0.15, 0.2) is 11.2 Å². The van der Waals surface area contributed by atoms with Crippen LogP contribution in [0.25, 0.3) is 11.0 Å². The molecule has 4 heteroatoms. The van der Waals surface area contributed by atoms with E-state index in [0.717, 1.165) is 11.1 Å². The monoisotopic (exact) mass is 334 g/mol. The third-order valence-electron chi connectivity index (χ3n) is 4.68. The fraction of sp³-hybridized carbons (Fsp3) is 0.238. The first-order valence-corrected chi connectivity index (χ1v) is 8.31. The van der Waals surface area contributed by atoms with Crippen LogP contribution in [0.4, 0.5) is 0 Å². The van der Waals surface area contributed by atoms with Gasteiger partial charge in [-0.15, -0.1) is 0 Å². The molecule has 1 aliphatic heterocycles. The summed E-state index contributed by atoms with van der Waals surface area (Å²) < 4.78 is 11.3. The minimum absolute atomic E-state index is 0.0219. The fourth-order valence-corrected chi connectivity index (χ4v) is 3.29. The van der Waals surface area contributed by atoms with Crippen molar-refractivity contribution in [2.24, 2.45) is 5.92 Å². The normalized spacial score (nSPS) is 16.6. The maximum atomic E-state index is 12.8. The van der Waals surface area contributed by atoms with Crippen LogP contribution in [0.2, 0.25) is 0 Å². The van der Waals surface area contributed by atoms with E-state index in [1.54, 1.807) is 6.07 Å². The van der Waals surface area contributed by atoms with Gasteiger partial charge in [0.2, 0.25) is 0 Å². The van der Waals surface area contributed by atoms with E-state index in [-0.39, 0.29) is 23.7 Å². The number of Topliss-reactive ketones (excluding diaryl/α,β-unsaturated/α-hetero) is 1. The minimum atomic E-state index is -0.376. The Bertz CT molecular complexity index is 1050. The Kier molecular flexibility index (Phi) is 3.68. The van der Waals surface area contributed by atoms with Crippen LogP contribution >= 0.6 is 0 Å². The topological polar surface area (TPSA) is 56.5 Å². The summed E-state index contributed by atoms with van der Waals surface area (Å²) in [5.74, 6) is 0.265. The van der Waals surface area contributed by atoms with Crippen molar-refractivity contribution >= 4 is 16.8 Å². The SMILES string of the molecule is Cc1ccc2c(c1)C(=O)C(Cc1coc3ccc(C)cc3c1=O)CO2.